The van der Waals surface area contributed by atoms with Crippen molar-refractivity contribution in [1.29, 1.82) is 0 Å². The molecule has 0 unspecified atom stereocenters. The van der Waals surface area contributed by atoms with E-state index in [9.17, 15) is 0 Å². The van der Waals surface area contributed by atoms with Gasteiger partial charge in [-0.3, -0.25) is 0 Å². The minimum atomic E-state index is 0.623. The molecule has 0 aliphatic heterocycles. The van der Waals surface area contributed by atoms with E-state index in [0.717, 1.165) is 60.8 Å². The summed E-state index contributed by atoms with van der Waals surface area (Å²) in [5.41, 5.74) is 9.88. The van der Waals surface area contributed by atoms with Crippen molar-refractivity contribution in [3.8, 4) is 28.3 Å². The van der Waals surface area contributed by atoms with Crippen molar-refractivity contribution in [3.63, 3.8) is 0 Å². The van der Waals surface area contributed by atoms with Gasteiger partial charge in [0, 0.05) is 27.1 Å². The van der Waals surface area contributed by atoms with Crippen LogP contribution in [0.15, 0.2) is 167 Å². The summed E-state index contributed by atoms with van der Waals surface area (Å²) in [5, 5.41) is 9.45. The van der Waals surface area contributed by atoms with Gasteiger partial charge in [0.05, 0.1) is 22.1 Å². The lowest BCUT2D eigenvalue weighted by atomic mass is 10.00. The Bertz CT molecular complexity index is 3110. The zero-order valence-electron chi connectivity index (χ0n) is 26.2. The van der Waals surface area contributed by atoms with Crippen LogP contribution in [0.2, 0.25) is 0 Å². The van der Waals surface area contributed by atoms with Crippen LogP contribution >= 0.6 is 0 Å². The summed E-state index contributed by atoms with van der Waals surface area (Å²) in [6.45, 7) is 0. The topological polar surface area (TPSA) is 44.1 Å². The van der Waals surface area contributed by atoms with Crippen molar-refractivity contribution >= 4 is 76.4 Å². The van der Waals surface area contributed by atoms with Gasteiger partial charge in [0.2, 0.25) is 5.89 Å². The molecule has 0 aliphatic rings. The van der Waals surface area contributed by atoms with Crippen LogP contribution in [0.25, 0.3) is 105 Å². The summed E-state index contributed by atoms with van der Waals surface area (Å²) in [4.78, 5) is 4.81. The van der Waals surface area contributed by atoms with E-state index in [1.54, 1.807) is 0 Å². The Morgan fingerprint density at radius 1 is 0.408 bits per heavy atom. The maximum Gasteiger partial charge on any atom is 0.227 e. The van der Waals surface area contributed by atoms with E-state index in [1.807, 2.05) is 36.4 Å². The molecule has 0 saturated carbocycles. The number of hydrogen-bond donors (Lipinski definition) is 0. The minimum Gasteiger partial charge on any atom is -0.456 e. The van der Waals surface area contributed by atoms with E-state index in [-0.39, 0.29) is 0 Å². The summed E-state index contributed by atoms with van der Waals surface area (Å²) in [5.74, 6) is 0.623. The first kappa shape index (κ1) is 26.4. The predicted octanol–water partition coefficient (Wildman–Crippen LogP) is 12.5. The fourth-order valence-corrected chi connectivity index (χ4v) is 7.69. The predicted molar refractivity (Wildman–Crippen MR) is 202 cm³/mol. The van der Waals surface area contributed by atoms with Crippen molar-refractivity contribution in [3.05, 3.63) is 158 Å². The van der Waals surface area contributed by atoms with Crippen LogP contribution in [0.5, 0.6) is 0 Å². The standard InChI is InChI=1S/C45H26N2O2/c1-2-10-27(11-3-1)45-46-37-23-30(19-21-40(37)49-45)31-18-20-35-41(25-31)48-42-26-32-14-6-7-15-33(32)44(43(35)42)47-38-17-9-8-16-34(38)36-22-28-12-4-5-13-29(28)24-39(36)47/h1-26H. The molecule has 8 aromatic carbocycles. The number of benzene rings is 8. The quantitative estimate of drug-likeness (QED) is 0.196. The Balaban J connectivity index is 1.17. The second-order valence-electron chi connectivity index (χ2n) is 12.8. The Morgan fingerprint density at radius 2 is 1.12 bits per heavy atom. The molecule has 11 rings (SSSR count). The number of aromatic nitrogens is 2. The van der Waals surface area contributed by atoms with E-state index >= 15 is 0 Å². The maximum atomic E-state index is 6.76. The lowest BCUT2D eigenvalue weighted by molar-refractivity contribution is 0.620. The van der Waals surface area contributed by atoms with Gasteiger partial charge in [0.25, 0.3) is 0 Å². The Morgan fingerprint density at radius 3 is 2.00 bits per heavy atom. The van der Waals surface area contributed by atoms with Gasteiger partial charge in [-0.15, -0.1) is 0 Å². The van der Waals surface area contributed by atoms with Gasteiger partial charge in [-0.1, -0.05) is 97.1 Å². The molecule has 0 amide bonds. The van der Waals surface area contributed by atoms with E-state index in [4.69, 9.17) is 13.8 Å². The van der Waals surface area contributed by atoms with Crippen LogP contribution in [0.3, 0.4) is 0 Å². The zero-order valence-corrected chi connectivity index (χ0v) is 26.2. The molecule has 0 spiro atoms. The lowest BCUT2D eigenvalue weighted by Crippen LogP contribution is -1.96. The third-order valence-electron chi connectivity index (χ3n) is 9.96. The van der Waals surface area contributed by atoms with Gasteiger partial charge in [0.1, 0.15) is 16.7 Å². The van der Waals surface area contributed by atoms with Crippen LogP contribution in [0, 0.1) is 0 Å². The van der Waals surface area contributed by atoms with E-state index in [1.165, 1.54) is 38.0 Å². The van der Waals surface area contributed by atoms with Crippen molar-refractivity contribution in [2.75, 3.05) is 0 Å². The molecule has 3 aromatic heterocycles. The second-order valence-corrected chi connectivity index (χ2v) is 12.8. The number of para-hydroxylation sites is 1. The van der Waals surface area contributed by atoms with Crippen LogP contribution in [-0.2, 0) is 0 Å². The first-order valence-electron chi connectivity index (χ1n) is 16.5. The molecule has 0 radical (unpaired) electrons. The van der Waals surface area contributed by atoms with E-state index in [2.05, 4.69) is 126 Å². The normalized spacial score (nSPS) is 12.1. The molecule has 49 heavy (non-hydrogen) atoms. The highest BCUT2D eigenvalue weighted by atomic mass is 16.3. The monoisotopic (exact) mass is 626 g/mol. The van der Waals surface area contributed by atoms with Crippen molar-refractivity contribution < 1.29 is 8.83 Å². The lowest BCUT2D eigenvalue weighted by Gasteiger charge is -2.14. The third kappa shape index (κ3) is 3.89. The number of nitrogens with zero attached hydrogens (tertiary/aromatic N) is 2. The fraction of sp³-hybridized carbons (Fsp3) is 0. The van der Waals surface area contributed by atoms with Crippen molar-refractivity contribution in [2.45, 2.75) is 0 Å². The van der Waals surface area contributed by atoms with Gasteiger partial charge >= 0.3 is 0 Å². The number of fused-ring (bicyclic) bond motifs is 9. The smallest absolute Gasteiger partial charge is 0.227 e. The van der Waals surface area contributed by atoms with Crippen LogP contribution in [0.1, 0.15) is 0 Å². The molecule has 0 atom stereocenters. The van der Waals surface area contributed by atoms with Gasteiger partial charge in [0.15, 0.2) is 5.58 Å². The summed E-state index contributed by atoms with van der Waals surface area (Å²) in [6, 6.07) is 55.6. The van der Waals surface area contributed by atoms with E-state index < -0.39 is 0 Å². The molecule has 4 heteroatoms. The first-order valence-corrected chi connectivity index (χ1v) is 16.5. The summed E-state index contributed by atoms with van der Waals surface area (Å²) in [6.07, 6.45) is 0. The highest BCUT2D eigenvalue weighted by molar-refractivity contribution is 6.21. The molecule has 0 saturated heterocycles. The van der Waals surface area contributed by atoms with Gasteiger partial charge in [-0.05, 0) is 87.9 Å². The van der Waals surface area contributed by atoms with Crippen LogP contribution in [0.4, 0.5) is 0 Å². The molecule has 3 heterocycles. The molecule has 4 nitrogen and oxygen atoms in total. The Hall–Kier alpha value is -6.65. The van der Waals surface area contributed by atoms with Crippen LogP contribution in [-0.4, -0.2) is 9.55 Å². The molecular weight excluding hydrogens is 601 g/mol. The first-order chi connectivity index (χ1) is 24.3. The zero-order chi connectivity index (χ0) is 32.1. The average molecular weight is 627 g/mol. The number of oxazole rings is 1. The van der Waals surface area contributed by atoms with Gasteiger partial charge in [-0.2, -0.15) is 0 Å². The molecule has 0 aliphatic carbocycles. The molecular formula is C45H26N2O2. The number of rotatable bonds is 3. The van der Waals surface area contributed by atoms with Gasteiger partial charge < -0.3 is 13.4 Å². The Kier molecular flexibility index (Phi) is 5.35. The number of hydrogen-bond acceptors (Lipinski definition) is 3. The fourth-order valence-electron chi connectivity index (χ4n) is 7.69. The summed E-state index contributed by atoms with van der Waals surface area (Å²) < 4.78 is 15.3. The number of furan rings is 1. The van der Waals surface area contributed by atoms with Crippen molar-refractivity contribution in [1.82, 2.24) is 9.55 Å². The Labute approximate surface area is 280 Å². The molecule has 0 bridgehead atoms. The molecule has 0 fully saturated rings. The van der Waals surface area contributed by atoms with E-state index in [0.29, 0.717) is 5.89 Å². The highest BCUT2D eigenvalue weighted by Crippen LogP contribution is 2.44. The van der Waals surface area contributed by atoms with Gasteiger partial charge in [-0.25, -0.2) is 4.98 Å². The minimum absolute atomic E-state index is 0.623. The summed E-state index contributed by atoms with van der Waals surface area (Å²) in [7, 11) is 0. The highest BCUT2D eigenvalue weighted by Gasteiger charge is 2.21. The average Bonchev–Trinajstić information content (AvgIpc) is 3.84. The summed E-state index contributed by atoms with van der Waals surface area (Å²) >= 11 is 0. The molecule has 228 valence electrons. The largest absolute Gasteiger partial charge is 0.456 e. The SMILES string of the molecule is c1ccc(-c2nc3cc(-c4ccc5c(c4)oc4cc6ccccc6c(-n6c7ccccc7c7cc8ccccc8cc76)c45)ccc3o2)cc1. The third-order valence-corrected chi connectivity index (χ3v) is 9.96. The van der Waals surface area contributed by atoms with Crippen LogP contribution < -0.4 is 0 Å². The second kappa shape index (κ2) is 9.93. The maximum absolute atomic E-state index is 6.76. The van der Waals surface area contributed by atoms with Crippen molar-refractivity contribution in [2.24, 2.45) is 0 Å². The molecule has 0 N–H and O–H groups in total. The molecule has 11 aromatic rings.